The number of amides is 1. The van der Waals surface area contributed by atoms with Crippen LogP contribution in [0.2, 0.25) is 5.02 Å². The summed E-state index contributed by atoms with van der Waals surface area (Å²) in [5, 5.41) is 15.8. The highest BCUT2D eigenvalue weighted by molar-refractivity contribution is 6.30. The van der Waals surface area contributed by atoms with Crippen LogP contribution in [0.15, 0.2) is 36.7 Å². The normalized spacial score (nSPS) is 9.89. The minimum absolute atomic E-state index is 0.154. The smallest absolute Gasteiger partial charge is 0.238 e. The van der Waals surface area contributed by atoms with Crippen LogP contribution < -0.4 is 5.32 Å². The average Bonchev–Trinajstić information content (AvgIpc) is 2.75. The number of nitrogens with one attached hydrogen (secondary N) is 1. The summed E-state index contributed by atoms with van der Waals surface area (Å²) in [6, 6.07) is 9.18. The van der Waals surface area contributed by atoms with Crippen LogP contribution in [0.1, 0.15) is 12.0 Å². The van der Waals surface area contributed by atoms with Gasteiger partial charge in [-0.1, -0.05) is 23.7 Å². The number of halogens is 1. The topological polar surface area (TPSA) is 70.7 Å². The first kappa shape index (κ1) is 13.1. The van der Waals surface area contributed by atoms with E-state index < -0.39 is 0 Å². The standard InChI is InChI=1S/C13H11ClN4O/c14-11-7-16-18(9-11)8-10-2-1-3-12(6-10)17-13(19)4-5-15/h1-3,6-7,9H,4,8H2,(H,17,19). The van der Waals surface area contributed by atoms with Gasteiger partial charge in [0.25, 0.3) is 0 Å². The molecule has 0 unspecified atom stereocenters. The van der Waals surface area contributed by atoms with Gasteiger partial charge in [0.15, 0.2) is 0 Å². The first-order chi connectivity index (χ1) is 9.17. The van der Waals surface area contributed by atoms with Crippen molar-refractivity contribution in [3.63, 3.8) is 0 Å². The molecule has 5 nitrogen and oxygen atoms in total. The van der Waals surface area contributed by atoms with Gasteiger partial charge in [-0.2, -0.15) is 10.4 Å². The maximum Gasteiger partial charge on any atom is 0.238 e. The molecule has 0 radical (unpaired) electrons. The van der Waals surface area contributed by atoms with E-state index >= 15 is 0 Å². The monoisotopic (exact) mass is 274 g/mol. The third kappa shape index (κ3) is 3.83. The van der Waals surface area contributed by atoms with Gasteiger partial charge in [0, 0.05) is 11.9 Å². The van der Waals surface area contributed by atoms with Crippen molar-refractivity contribution in [1.82, 2.24) is 9.78 Å². The molecule has 19 heavy (non-hydrogen) atoms. The number of nitrogens with zero attached hydrogens (tertiary/aromatic N) is 3. The number of rotatable bonds is 4. The van der Waals surface area contributed by atoms with Gasteiger partial charge in [-0.05, 0) is 17.7 Å². The first-order valence-corrected chi connectivity index (χ1v) is 5.99. The second kappa shape index (κ2) is 6.03. The highest BCUT2D eigenvalue weighted by atomic mass is 35.5. The van der Waals surface area contributed by atoms with E-state index in [1.807, 2.05) is 18.2 Å². The van der Waals surface area contributed by atoms with Crippen molar-refractivity contribution in [2.75, 3.05) is 5.32 Å². The molecule has 0 saturated heterocycles. The molecule has 0 atom stereocenters. The van der Waals surface area contributed by atoms with Crippen LogP contribution in [0.3, 0.4) is 0 Å². The van der Waals surface area contributed by atoms with Crippen LogP contribution >= 0.6 is 11.6 Å². The highest BCUT2D eigenvalue weighted by Crippen LogP contribution is 2.13. The van der Waals surface area contributed by atoms with Crippen LogP contribution in [0.4, 0.5) is 5.69 Å². The van der Waals surface area contributed by atoms with Crippen molar-refractivity contribution < 1.29 is 4.79 Å². The minimum Gasteiger partial charge on any atom is -0.325 e. The van der Waals surface area contributed by atoms with Gasteiger partial charge < -0.3 is 5.32 Å². The lowest BCUT2D eigenvalue weighted by atomic mass is 10.2. The van der Waals surface area contributed by atoms with Crippen molar-refractivity contribution in [2.45, 2.75) is 13.0 Å². The summed E-state index contributed by atoms with van der Waals surface area (Å²) in [5.74, 6) is -0.318. The first-order valence-electron chi connectivity index (χ1n) is 5.61. The van der Waals surface area contributed by atoms with E-state index in [9.17, 15) is 4.79 Å². The predicted octanol–water partition coefficient (Wildman–Crippen LogP) is 2.44. The number of benzene rings is 1. The highest BCUT2D eigenvalue weighted by Gasteiger charge is 2.03. The molecule has 96 valence electrons. The Kier molecular flexibility index (Phi) is 4.16. The molecule has 0 aliphatic heterocycles. The molecule has 1 N–H and O–H groups in total. The van der Waals surface area contributed by atoms with E-state index in [1.54, 1.807) is 29.2 Å². The largest absolute Gasteiger partial charge is 0.325 e. The molecule has 0 fully saturated rings. The molecule has 0 bridgehead atoms. The number of carbonyl (C=O) groups is 1. The zero-order valence-corrected chi connectivity index (χ0v) is 10.8. The number of nitriles is 1. The number of hydrogen-bond donors (Lipinski definition) is 1. The predicted molar refractivity (Wildman–Crippen MR) is 71.6 cm³/mol. The van der Waals surface area contributed by atoms with Crippen LogP contribution in [-0.4, -0.2) is 15.7 Å². The number of carbonyl (C=O) groups excluding carboxylic acids is 1. The lowest BCUT2D eigenvalue weighted by Crippen LogP contribution is -2.10. The Morgan fingerprint density at radius 1 is 1.53 bits per heavy atom. The molecular formula is C13H11ClN4O. The van der Waals surface area contributed by atoms with E-state index in [2.05, 4.69) is 10.4 Å². The second-order valence-corrected chi connectivity index (χ2v) is 4.38. The van der Waals surface area contributed by atoms with E-state index in [4.69, 9.17) is 16.9 Å². The maximum absolute atomic E-state index is 11.3. The lowest BCUT2D eigenvalue weighted by Gasteiger charge is -2.06. The third-order valence-electron chi connectivity index (χ3n) is 2.40. The quantitative estimate of drug-likeness (QED) is 0.931. The van der Waals surface area contributed by atoms with E-state index in [0.29, 0.717) is 17.3 Å². The minimum atomic E-state index is -0.318. The van der Waals surface area contributed by atoms with E-state index in [-0.39, 0.29) is 12.3 Å². The summed E-state index contributed by atoms with van der Waals surface area (Å²) >= 11 is 5.79. The molecule has 0 spiro atoms. The van der Waals surface area contributed by atoms with Crippen molar-refractivity contribution in [2.24, 2.45) is 0 Å². The fourth-order valence-electron chi connectivity index (χ4n) is 1.64. The number of hydrogen-bond acceptors (Lipinski definition) is 3. The Balaban J connectivity index is 2.07. The number of aromatic nitrogens is 2. The van der Waals surface area contributed by atoms with E-state index in [0.717, 1.165) is 5.56 Å². The van der Waals surface area contributed by atoms with Crippen LogP contribution in [-0.2, 0) is 11.3 Å². The summed E-state index contributed by atoms with van der Waals surface area (Å²) in [7, 11) is 0. The molecule has 1 aromatic heterocycles. The van der Waals surface area contributed by atoms with Gasteiger partial charge in [-0.25, -0.2) is 0 Å². The van der Waals surface area contributed by atoms with Gasteiger partial charge in [0.05, 0.1) is 23.8 Å². The molecule has 6 heteroatoms. The van der Waals surface area contributed by atoms with Crippen LogP contribution in [0.5, 0.6) is 0 Å². The molecule has 1 amide bonds. The summed E-state index contributed by atoms with van der Waals surface area (Å²) in [6.45, 7) is 0.564. The second-order valence-electron chi connectivity index (χ2n) is 3.94. The molecule has 0 aliphatic rings. The molecule has 0 aliphatic carbocycles. The average molecular weight is 275 g/mol. The van der Waals surface area contributed by atoms with Gasteiger partial charge in [0.1, 0.15) is 6.42 Å². The van der Waals surface area contributed by atoms with Gasteiger partial charge in [0.2, 0.25) is 5.91 Å². The summed E-state index contributed by atoms with van der Waals surface area (Å²) in [6.07, 6.45) is 3.14. The Labute approximate surface area is 115 Å². The van der Waals surface area contributed by atoms with E-state index in [1.165, 1.54) is 0 Å². The zero-order chi connectivity index (χ0) is 13.7. The maximum atomic E-state index is 11.3. The van der Waals surface area contributed by atoms with Gasteiger partial charge in [-0.3, -0.25) is 9.48 Å². The summed E-state index contributed by atoms with van der Waals surface area (Å²) in [5.41, 5.74) is 1.64. The van der Waals surface area contributed by atoms with Crippen molar-refractivity contribution >= 4 is 23.2 Å². The molecule has 2 aromatic rings. The molecule has 1 aromatic carbocycles. The molecule has 0 saturated carbocycles. The Hall–Kier alpha value is -2.32. The Morgan fingerprint density at radius 3 is 3.05 bits per heavy atom. The Bertz CT molecular complexity index is 630. The SMILES string of the molecule is N#CCC(=O)Nc1cccc(Cn2cc(Cl)cn2)c1. The molecule has 2 rings (SSSR count). The van der Waals surface area contributed by atoms with Crippen LogP contribution in [0, 0.1) is 11.3 Å². The fraction of sp³-hybridized carbons (Fsp3) is 0.154. The van der Waals surface area contributed by atoms with Crippen molar-refractivity contribution in [3.8, 4) is 6.07 Å². The fourth-order valence-corrected chi connectivity index (χ4v) is 1.79. The summed E-state index contributed by atoms with van der Waals surface area (Å²) < 4.78 is 1.71. The molecular weight excluding hydrogens is 264 g/mol. The van der Waals surface area contributed by atoms with Crippen LogP contribution in [0.25, 0.3) is 0 Å². The van der Waals surface area contributed by atoms with Crippen molar-refractivity contribution in [3.05, 3.63) is 47.2 Å². The Morgan fingerprint density at radius 2 is 2.37 bits per heavy atom. The summed E-state index contributed by atoms with van der Waals surface area (Å²) in [4.78, 5) is 11.3. The number of anilines is 1. The zero-order valence-electron chi connectivity index (χ0n) is 10.0. The van der Waals surface area contributed by atoms with Gasteiger partial charge in [-0.15, -0.1) is 0 Å². The van der Waals surface area contributed by atoms with Crippen molar-refractivity contribution in [1.29, 1.82) is 5.26 Å². The van der Waals surface area contributed by atoms with Gasteiger partial charge >= 0.3 is 0 Å². The third-order valence-corrected chi connectivity index (χ3v) is 2.59. The molecule has 1 heterocycles. The lowest BCUT2D eigenvalue weighted by molar-refractivity contribution is -0.115.